The van der Waals surface area contributed by atoms with Gasteiger partial charge in [-0.05, 0) is 11.6 Å². The van der Waals surface area contributed by atoms with E-state index in [1.54, 1.807) is 18.0 Å². The fourth-order valence-electron chi connectivity index (χ4n) is 2.34. The molecule has 5 nitrogen and oxygen atoms in total. The van der Waals surface area contributed by atoms with E-state index in [2.05, 4.69) is 5.32 Å². The molecule has 0 aromatic heterocycles. The molecule has 0 radical (unpaired) electrons. The van der Waals surface area contributed by atoms with Gasteiger partial charge in [-0.3, -0.25) is 4.79 Å². The van der Waals surface area contributed by atoms with Crippen molar-refractivity contribution in [2.75, 3.05) is 25.1 Å². The van der Waals surface area contributed by atoms with Gasteiger partial charge in [0.15, 0.2) is 9.84 Å². The van der Waals surface area contributed by atoms with Crippen LogP contribution in [0.25, 0.3) is 0 Å². The van der Waals surface area contributed by atoms with E-state index in [4.69, 9.17) is 11.6 Å². The molecule has 1 amide bonds. The van der Waals surface area contributed by atoms with Crippen molar-refractivity contribution in [1.29, 1.82) is 0 Å². The van der Waals surface area contributed by atoms with Crippen LogP contribution in [0.2, 0.25) is 5.02 Å². The molecule has 0 bridgehead atoms. The van der Waals surface area contributed by atoms with E-state index >= 15 is 0 Å². The van der Waals surface area contributed by atoms with Gasteiger partial charge in [-0.2, -0.15) is 0 Å². The van der Waals surface area contributed by atoms with Crippen LogP contribution in [0.15, 0.2) is 24.3 Å². The summed E-state index contributed by atoms with van der Waals surface area (Å²) in [6.45, 7) is 0.826. The molecular formula is C14H19ClN2O3S. The van der Waals surface area contributed by atoms with Gasteiger partial charge < -0.3 is 10.2 Å². The lowest BCUT2D eigenvalue weighted by atomic mass is 10.2. The fraction of sp³-hybridized carbons (Fsp3) is 0.500. The molecule has 0 aliphatic carbocycles. The average molecular weight is 331 g/mol. The van der Waals surface area contributed by atoms with Crippen LogP contribution in [-0.2, 0) is 21.2 Å². The number of nitrogens with one attached hydrogen (secondary N) is 1. The van der Waals surface area contributed by atoms with E-state index in [0.717, 1.165) is 5.56 Å². The minimum absolute atomic E-state index is 0.0265. The number of rotatable bonds is 4. The van der Waals surface area contributed by atoms with Crippen LogP contribution in [0.4, 0.5) is 0 Å². The number of halogens is 1. The van der Waals surface area contributed by atoms with Crippen LogP contribution in [0.5, 0.6) is 0 Å². The van der Waals surface area contributed by atoms with Crippen molar-refractivity contribution in [2.45, 2.75) is 19.0 Å². The van der Waals surface area contributed by atoms with Crippen molar-refractivity contribution in [1.82, 2.24) is 10.2 Å². The lowest BCUT2D eigenvalue weighted by Gasteiger charge is -2.25. The summed E-state index contributed by atoms with van der Waals surface area (Å²) >= 11 is 6.07. The molecule has 21 heavy (non-hydrogen) atoms. The minimum Gasteiger partial charge on any atom is -0.341 e. The zero-order valence-electron chi connectivity index (χ0n) is 11.9. The van der Waals surface area contributed by atoms with Gasteiger partial charge in [0.1, 0.15) is 0 Å². The quantitative estimate of drug-likeness (QED) is 0.897. The second kappa shape index (κ2) is 6.77. The minimum atomic E-state index is -3.02. The van der Waals surface area contributed by atoms with Crippen molar-refractivity contribution in [3.05, 3.63) is 34.9 Å². The number of hydrogen-bond acceptors (Lipinski definition) is 4. The molecule has 1 aliphatic heterocycles. The summed E-state index contributed by atoms with van der Waals surface area (Å²) in [5.41, 5.74) is 0.874. The largest absolute Gasteiger partial charge is 0.341 e. The second-order valence-corrected chi connectivity index (χ2v) is 7.95. The first-order valence-corrected chi connectivity index (χ1v) is 8.98. The van der Waals surface area contributed by atoms with Crippen molar-refractivity contribution in [3.8, 4) is 0 Å². The summed E-state index contributed by atoms with van der Waals surface area (Å²) in [5, 5.41) is 3.70. The van der Waals surface area contributed by atoms with Gasteiger partial charge in [0.05, 0.1) is 11.5 Å². The van der Waals surface area contributed by atoms with Crippen LogP contribution in [-0.4, -0.2) is 50.4 Å². The van der Waals surface area contributed by atoms with Gasteiger partial charge >= 0.3 is 0 Å². The molecule has 1 saturated heterocycles. The number of carbonyl (C=O) groups excluding carboxylic acids is 1. The zero-order chi connectivity index (χ0) is 15.5. The molecule has 1 unspecified atom stereocenters. The Bertz CT molecular complexity index is 618. The molecule has 1 fully saturated rings. The summed E-state index contributed by atoms with van der Waals surface area (Å²) in [6, 6.07) is 7.06. The first-order chi connectivity index (χ1) is 9.87. The van der Waals surface area contributed by atoms with E-state index in [0.29, 0.717) is 18.1 Å². The van der Waals surface area contributed by atoms with Gasteiger partial charge in [0.25, 0.3) is 0 Å². The standard InChI is InChI=1S/C14H19ClN2O3S/c1-17(9-11-4-2-3-5-13(11)15)14(18)8-12-10-21(19,20)7-6-16-12/h2-5,12,16H,6-10H2,1H3. The maximum absolute atomic E-state index is 12.2. The van der Waals surface area contributed by atoms with E-state index in [1.807, 2.05) is 18.2 Å². The Morgan fingerprint density at radius 2 is 2.14 bits per heavy atom. The van der Waals surface area contributed by atoms with E-state index in [9.17, 15) is 13.2 Å². The average Bonchev–Trinajstić information content (AvgIpc) is 2.40. The fourth-order valence-corrected chi connectivity index (χ4v) is 3.98. The maximum atomic E-state index is 12.2. The number of amides is 1. The molecule has 1 aromatic carbocycles. The third-order valence-electron chi connectivity index (χ3n) is 3.51. The monoisotopic (exact) mass is 330 g/mol. The van der Waals surface area contributed by atoms with Gasteiger partial charge in [0, 0.05) is 37.6 Å². The number of sulfone groups is 1. The number of nitrogens with zero attached hydrogens (tertiary/aromatic N) is 1. The highest BCUT2D eigenvalue weighted by molar-refractivity contribution is 7.91. The zero-order valence-corrected chi connectivity index (χ0v) is 13.5. The van der Waals surface area contributed by atoms with Crippen LogP contribution < -0.4 is 5.32 Å². The molecule has 1 atom stereocenters. The Labute approximate surface area is 130 Å². The molecule has 1 N–H and O–H groups in total. The summed E-state index contributed by atoms with van der Waals surface area (Å²) < 4.78 is 23.1. The van der Waals surface area contributed by atoms with Crippen molar-refractivity contribution >= 4 is 27.3 Å². The first-order valence-electron chi connectivity index (χ1n) is 6.78. The smallest absolute Gasteiger partial charge is 0.224 e. The molecule has 116 valence electrons. The summed E-state index contributed by atoms with van der Waals surface area (Å²) in [7, 11) is -1.33. The highest BCUT2D eigenvalue weighted by Crippen LogP contribution is 2.17. The number of hydrogen-bond donors (Lipinski definition) is 1. The van der Waals surface area contributed by atoms with Gasteiger partial charge in [-0.25, -0.2) is 8.42 Å². The van der Waals surface area contributed by atoms with Crippen LogP contribution in [0, 0.1) is 0 Å². The lowest BCUT2D eigenvalue weighted by Crippen LogP contribution is -2.47. The van der Waals surface area contributed by atoms with Gasteiger partial charge in [-0.15, -0.1) is 0 Å². The SMILES string of the molecule is CN(Cc1ccccc1Cl)C(=O)CC1CS(=O)(=O)CCN1. The Morgan fingerprint density at radius 3 is 2.81 bits per heavy atom. The van der Waals surface area contributed by atoms with Crippen LogP contribution in [0.1, 0.15) is 12.0 Å². The molecule has 1 heterocycles. The van der Waals surface area contributed by atoms with Crippen LogP contribution >= 0.6 is 11.6 Å². The molecule has 0 saturated carbocycles. The summed E-state index contributed by atoms with van der Waals surface area (Å²) in [6.07, 6.45) is 0.181. The molecule has 1 aromatic rings. The molecule has 2 rings (SSSR count). The predicted octanol–water partition coefficient (Wildman–Crippen LogP) is 1.08. The topological polar surface area (TPSA) is 66.5 Å². The highest BCUT2D eigenvalue weighted by atomic mass is 35.5. The third kappa shape index (κ3) is 4.69. The Morgan fingerprint density at radius 1 is 1.43 bits per heavy atom. The normalized spacial score (nSPS) is 21.0. The Hall–Kier alpha value is -1.11. The summed E-state index contributed by atoms with van der Waals surface area (Å²) in [4.78, 5) is 13.8. The van der Waals surface area contributed by atoms with Gasteiger partial charge in [-0.1, -0.05) is 29.8 Å². The Balaban J connectivity index is 1.92. The van der Waals surface area contributed by atoms with Crippen molar-refractivity contribution in [3.63, 3.8) is 0 Å². The predicted molar refractivity (Wildman–Crippen MR) is 83.0 cm³/mol. The van der Waals surface area contributed by atoms with Crippen molar-refractivity contribution in [2.24, 2.45) is 0 Å². The van der Waals surface area contributed by atoms with Crippen LogP contribution in [0.3, 0.4) is 0 Å². The Kier molecular flexibility index (Phi) is 5.24. The first kappa shape index (κ1) is 16.3. The summed E-state index contributed by atoms with van der Waals surface area (Å²) in [5.74, 6) is 0.0794. The highest BCUT2D eigenvalue weighted by Gasteiger charge is 2.27. The number of carbonyl (C=O) groups is 1. The van der Waals surface area contributed by atoms with E-state index in [-0.39, 0.29) is 29.9 Å². The molecular weight excluding hydrogens is 312 g/mol. The lowest BCUT2D eigenvalue weighted by molar-refractivity contribution is -0.130. The van der Waals surface area contributed by atoms with Gasteiger partial charge in [0.2, 0.25) is 5.91 Å². The number of benzene rings is 1. The molecule has 1 aliphatic rings. The van der Waals surface area contributed by atoms with E-state index < -0.39 is 9.84 Å². The third-order valence-corrected chi connectivity index (χ3v) is 5.62. The van der Waals surface area contributed by atoms with E-state index in [1.165, 1.54) is 0 Å². The molecule has 0 spiro atoms. The maximum Gasteiger partial charge on any atom is 0.224 e. The van der Waals surface area contributed by atoms with Crippen molar-refractivity contribution < 1.29 is 13.2 Å². The second-order valence-electron chi connectivity index (χ2n) is 5.31. The molecule has 7 heteroatoms.